The van der Waals surface area contributed by atoms with Crippen LogP contribution < -0.4 is 10.2 Å². The Balaban J connectivity index is 1.71. The fourth-order valence-corrected chi connectivity index (χ4v) is 2.95. The van der Waals surface area contributed by atoms with Crippen molar-refractivity contribution in [1.29, 1.82) is 0 Å². The molecule has 1 aliphatic carbocycles. The lowest BCUT2D eigenvalue weighted by Crippen LogP contribution is -2.44. The van der Waals surface area contributed by atoms with Gasteiger partial charge in [0.2, 0.25) is 0 Å². The Morgan fingerprint density at radius 1 is 1.40 bits per heavy atom. The monoisotopic (exact) mass is 275 g/mol. The molecule has 1 saturated carbocycles. The van der Waals surface area contributed by atoms with Crippen molar-refractivity contribution in [2.24, 2.45) is 5.92 Å². The molecule has 2 unspecified atom stereocenters. The van der Waals surface area contributed by atoms with Gasteiger partial charge in [-0.15, -0.1) is 0 Å². The number of pyridine rings is 1. The summed E-state index contributed by atoms with van der Waals surface area (Å²) in [5.41, 5.74) is 2.63. The SMILES string of the molecule is COC1CN(c2cnccc2CNC2CC2)CCC1C. The maximum Gasteiger partial charge on any atom is 0.0772 e. The van der Waals surface area contributed by atoms with E-state index in [0.717, 1.165) is 25.7 Å². The van der Waals surface area contributed by atoms with Gasteiger partial charge in [0.15, 0.2) is 0 Å². The zero-order valence-corrected chi connectivity index (χ0v) is 12.5. The molecule has 0 spiro atoms. The van der Waals surface area contributed by atoms with E-state index in [-0.39, 0.29) is 0 Å². The van der Waals surface area contributed by atoms with Gasteiger partial charge in [0.05, 0.1) is 18.0 Å². The minimum atomic E-state index is 0.327. The van der Waals surface area contributed by atoms with Gasteiger partial charge in [-0.2, -0.15) is 0 Å². The second-order valence-corrected chi connectivity index (χ2v) is 6.15. The highest BCUT2D eigenvalue weighted by Gasteiger charge is 2.27. The predicted octanol–water partition coefficient (Wildman–Crippen LogP) is 2.19. The van der Waals surface area contributed by atoms with Gasteiger partial charge in [-0.25, -0.2) is 0 Å². The molecule has 1 aliphatic heterocycles. The van der Waals surface area contributed by atoms with E-state index in [4.69, 9.17) is 4.74 Å². The van der Waals surface area contributed by atoms with Crippen LogP contribution in [0.4, 0.5) is 5.69 Å². The van der Waals surface area contributed by atoms with Crippen molar-refractivity contribution in [3.8, 4) is 0 Å². The average molecular weight is 275 g/mol. The molecule has 110 valence electrons. The Morgan fingerprint density at radius 2 is 2.25 bits per heavy atom. The Labute approximate surface area is 121 Å². The number of piperidine rings is 1. The van der Waals surface area contributed by atoms with Gasteiger partial charge in [-0.1, -0.05) is 6.92 Å². The van der Waals surface area contributed by atoms with Gasteiger partial charge in [-0.05, 0) is 36.8 Å². The second-order valence-electron chi connectivity index (χ2n) is 6.15. The zero-order chi connectivity index (χ0) is 13.9. The lowest BCUT2D eigenvalue weighted by molar-refractivity contribution is 0.0498. The predicted molar refractivity (Wildman–Crippen MR) is 80.9 cm³/mol. The molecule has 2 atom stereocenters. The van der Waals surface area contributed by atoms with Crippen LogP contribution in [0.2, 0.25) is 0 Å². The average Bonchev–Trinajstić information content (AvgIpc) is 3.30. The van der Waals surface area contributed by atoms with Crippen molar-refractivity contribution in [3.63, 3.8) is 0 Å². The van der Waals surface area contributed by atoms with Crippen LogP contribution in [0.5, 0.6) is 0 Å². The van der Waals surface area contributed by atoms with Crippen LogP contribution in [0.15, 0.2) is 18.5 Å². The Morgan fingerprint density at radius 3 is 3.00 bits per heavy atom. The van der Waals surface area contributed by atoms with Gasteiger partial charge in [0, 0.05) is 39.0 Å². The summed E-state index contributed by atoms with van der Waals surface area (Å²) in [5.74, 6) is 0.640. The number of hydrogen-bond acceptors (Lipinski definition) is 4. The summed E-state index contributed by atoms with van der Waals surface area (Å²) in [5, 5.41) is 3.60. The van der Waals surface area contributed by atoms with Crippen molar-refractivity contribution in [3.05, 3.63) is 24.0 Å². The standard InChI is InChI=1S/C16H25N3O/c1-12-6-8-19(11-16(12)20-2)15-10-17-7-5-13(15)9-18-14-3-4-14/h5,7,10,12,14,16,18H,3-4,6,8-9,11H2,1-2H3. The number of rotatable bonds is 5. The maximum absolute atomic E-state index is 5.63. The number of anilines is 1. The third-order valence-electron chi connectivity index (χ3n) is 4.58. The lowest BCUT2D eigenvalue weighted by Gasteiger charge is -2.38. The van der Waals surface area contributed by atoms with Crippen LogP contribution >= 0.6 is 0 Å². The molecular weight excluding hydrogens is 250 g/mol. The maximum atomic E-state index is 5.63. The Bertz CT molecular complexity index is 447. The van der Waals surface area contributed by atoms with Crippen molar-refractivity contribution < 1.29 is 4.74 Å². The molecule has 3 rings (SSSR count). The van der Waals surface area contributed by atoms with Crippen LogP contribution in [0.25, 0.3) is 0 Å². The van der Waals surface area contributed by atoms with E-state index in [0.29, 0.717) is 12.0 Å². The number of nitrogens with one attached hydrogen (secondary N) is 1. The minimum absolute atomic E-state index is 0.327. The molecule has 4 nitrogen and oxygen atoms in total. The third kappa shape index (κ3) is 3.13. The summed E-state index contributed by atoms with van der Waals surface area (Å²) in [6, 6.07) is 2.88. The van der Waals surface area contributed by atoms with Gasteiger partial charge in [-0.3, -0.25) is 4.98 Å². The third-order valence-corrected chi connectivity index (χ3v) is 4.58. The van der Waals surface area contributed by atoms with E-state index < -0.39 is 0 Å². The topological polar surface area (TPSA) is 37.4 Å². The molecular formula is C16H25N3O. The van der Waals surface area contributed by atoms with E-state index in [1.165, 1.54) is 30.5 Å². The van der Waals surface area contributed by atoms with Gasteiger partial charge >= 0.3 is 0 Å². The van der Waals surface area contributed by atoms with Gasteiger partial charge in [0.25, 0.3) is 0 Å². The minimum Gasteiger partial charge on any atom is -0.379 e. The Hall–Kier alpha value is -1.13. The molecule has 0 aromatic carbocycles. The van der Waals surface area contributed by atoms with E-state index in [1.54, 1.807) is 0 Å². The summed E-state index contributed by atoms with van der Waals surface area (Å²) in [7, 11) is 1.82. The van der Waals surface area contributed by atoms with Crippen molar-refractivity contribution in [1.82, 2.24) is 10.3 Å². The summed E-state index contributed by atoms with van der Waals surface area (Å²) in [4.78, 5) is 6.76. The van der Waals surface area contributed by atoms with Gasteiger partial charge < -0.3 is 15.0 Å². The van der Waals surface area contributed by atoms with E-state index in [1.807, 2.05) is 19.5 Å². The van der Waals surface area contributed by atoms with Gasteiger partial charge in [0.1, 0.15) is 0 Å². The smallest absolute Gasteiger partial charge is 0.0772 e. The first-order valence-electron chi connectivity index (χ1n) is 7.72. The molecule has 1 N–H and O–H groups in total. The zero-order valence-electron chi connectivity index (χ0n) is 12.5. The highest BCUT2D eigenvalue weighted by atomic mass is 16.5. The summed E-state index contributed by atoms with van der Waals surface area (Å²) < 4.78 is 5.63. The molecule has 2 aliphatic rings. The van der Waals surface area contributed by atoms with Crippen LogP contribution in [0.3, 0.4) is 0 Å². The fraction of sp³-hybridized carbons (Fsp3) is 0.688. The quantitative estimate of drug-likeness (QED) is 0.894. The van der Waals surface area contributed by atoms with E-state index >= 15 is 0 Å². The first kappa shape index (κ1) is 13.8. The van der Waals surface area contributed by atoms with Crippen LogP contribution in [0, 0.1) is 5.92 Å². The molecule has 20 heavy (non-hydrogen) atoms. The normalized spacial score (nSPS) is 26.8. The molecule has 4 heteroatoms. The van der Waals surface area contributed by atoms with Crippen LogP contribution in [0.1, 0.15) is 31.7 Å². The molecule has 1 aromatic rings. The summed E-state index contributed by atoms with van der Waals surface area (Å²) >= 11 is 0. The summed E-state index contributed by atoms with van der Waals surface area (Å²) in [6.45, 7) is 5.31. The Kier molecular flexibility index (Phi) is 4.22. The van der Waals surface area contributed by atoms with Crippen molar-refractivity contribution >= 4 is 5.69 Å². The molecule has 2 fully saturated rings. The van der Waals surface area contributed by atoms with Crippen LogP contribution in [-0.4, -0.2) is 37.3 Å². The highest BCUT2D eigenvalue weighted by Crippen LogP contribution is 2.27. The van der Waals surface area contributed by atoms with E-state index in [2.05, 4.69) is 28.2 Å². The molecule has 0 bridgehead atoms. The first-order chi connectivity index (χ1) is 9.78. The number of hydrogen-bond donors (Lipinski definition) is 1. The van der Waals surface area contributed by atoms with Crippen molar-refractivity contribution in [2.75, 3.05) is 25.1 Å². The van der Waals surface area contributed by atoms with Crippen LogP contribution in [-0.2, 0) is 11.3 Å². The summed E-state index contributed by atoms with van der Waals surface area (Å²) in [6.07, 6.45) is 8.07. The molecule has 1 saturated heterocycles. The first-order valence-corrected chi connectivity index (χ1v) is 7.72. The molecule has 2 heterocycles. The van der Waals surface area contributed by atoms with Crippen molar-refractivity contribution in [2.45, 2.75) is 44.9 Å². The lowest BCUT2D eigenvalue weighted by atomic mass is 9.95. The van der Waals surface area contributed by atoms with E-state index in [9.17, 15) is 0 Å². The highest BCUT2D eigenvalue weighted by molar-refractivity contribution is 5.52. The molecule has 0 amide bonds. The number of nitrogens with zero attached hydrogens (tertiary/aromatic N) is 2. The second kappa shape index (κ2) is 6.10. The number of methoxy groups -OCH3 is 1. The molecule has 0 radical (unpaired) electrons. The molecule has 1 aromatic heterocycles. The fourth-order valence-electron chi connectivity index (χ4n) is 2.95. The number of aromatic nitrogens is 1. The largest absolute Gasteiger partial charge is 0.379 e. The number of ether oxygens (including phenoxy) is 1.